The Hall–Kier alpha value is -2.36. The maximum atomic E-state index is 11.4. The minimum atomic E-state index is 0.161. The molecular weight excluding hydrogens is 286 g/mol. The maximum absolute atomic E-state index is 11.4. The number of hydrogen-bond donors (Lipinski definition) is 0. The molecule has 1 aliphatic heterocycles. The van der Waals surface area contributed by atoms with E-state index in [2.05, 4.69) is 46.3 Å². The molecule has 3 rings (SSSR count). The van der Waals surface area contributed by atoms with Crippen molar-refractivity contribution >= 4 is 11.7 Å². The van der Waals surface area contributed by atoms with Crippen LogP contribution in [0.1, 0.15) is 18.1 Å². The molecule has 0 saturated carbocycles. The molecule has 0 radical (unpaired) electrons. The fraction of sp³-hybridized carbons (Fsp3) is 0.368. The molecule has 1 fully saturated rings. The van der Waals surface area contributed by atoms with E-state index in [1.165, 1.54) is 11.1 Å². The summed E-state index contributed by atoms with van der Waals surface area (Å²) in [6.45, 7) is 4.92. The number of aryl methyl sites for hydroxylation is 2. The molecule has 4 nitrogen and oxygen atoms in total. The number of hydrogen-bond acceptors (Lipinski definition) is 3. The third kappa shape index (κ3) is 4.09. The van der Waals surface area contributed by atoms with Gasteiger partial charge in [0.2, 0.25) is 5.91 Å². The molecule has 0 aliphatic carbocycles. The number of rotatable bonds is 4. The van der Waals surface area contributed by atoms with Crippen molar-refractivity contribution in [1.29, 1.82) is 0 Å². The van der Waals surface area contributed by atoms with Gasteiger partial charge < -0.3 is 9.80 Å². The van der Waals surface area contributed by atoms with Crippen LogP contribution in [0, 0.1) is 0 Å². The zero-order chi connectivity index (χ0) is 16.1. The zero-order valence-electron chi connectivity index (χ0n) is 13.6. The summed E-state index contributed by atoms with van der Waals surface area (Å²) in [6.07, 6.45) is 4.03. The lowest BCUT2D eigenvalue weighted by Crippen LogP contribution is -2.48. The van der Waals surface area contributed by atoms with Gasteiger partial charge in [0.05, 0.1) is 0 Å². The number of piperazine rings is 1. The van der Waals surface area contributed by atoms with E-state index in [0.717, 1.165) is 44.8 Å². The number of anilines is 1. The second-order valence-electron chi connectivity index (χ2n) is 6.00. The predicted molar refractivity (Wildman–Crippen MR) is 92.6 cm³/mol. The molecule has 1 saturated heterocycles. The molecule has 120 valence electrons. The summed E-state index contributed by atoms with van der Waals surface area (Å²) >= 11 is 0. The van der Waals surface area contributed by atoms with E-state index in [1.807, 2.05) is 17.2 Å². The second kappa shape index (κ2) is 7.27. The number of amides is 1. The lowest BCUT2D eigenvalue weighted by molar-refractivity contribution is -0.129. The number of aromatic nitrogens is 1. The van der Waals surface area contributed by atoms with Crippen LogP contribution in [0.15, 0.2) is 48.7 Å². The lowest BCUT2D eigenvalue weighted by atomic mass is 10.1. The Bertz CT molecular complexity index is 631. The van der Waals surface area contributed by atoms with Gasteiger partial charge in [0.25, 0.3) is 0 Å². The molecule has 4 heteroatoms. The van der Waals surface area contributed by atoms with Crippen molar-refractivity contribution in [3.8, 4) is 0 Å². The SMILES string of the molecule is CC(=O)N1CCN(c2ccc(CCc3ccccc3)cn2)CC1. The standard InChI is InChI=1S/C19H23N3O/c1-16(23)21-11-13-22(14-12-21)19-10-9-18(15-20-19)8-7-17-5-3-2-4-6-17/h2-6,9-10,15H,7-8,11-14H2,1H3. The quantitative estimate of drug-likeness (QED) is 0.871. The molecule has 0 bridgehead atoms. The second-order valence-corrected chi connectivity index (χ2v) is 6.00. The van der Waals surface area contributed by atoms with Gasteiger partial charge in [0.15, 0.2) is 0 Å². The first-order chi connectivity index (χ1) is 11.2. The molecule has 1 aromatic heterocycles. The number of nitrogens with zero attached hydrogens (tertiary/aromatic N) is 3. The highest BCUT2D eigenvalue weighted by Crippen LogP contribution is 2.15. The molecule has 1 amide bonds. The monoisotopic (exact) mass is 309 g/mol. The van der Waals surface area contributed by atoms with Gasteiger partial charge >= 0.3 is 0 Å². The van der Waals surface area contributed by atoms with E-state index in [4.69, 9.17) is 0 Å². The van der Waals surface area contributed by atoms with Crippen LogP contribution in [0.25, 0.3) is 0 Å². The molecule has 0 spiro atoms. The summed E-state index contributed by atoms with van der Waals surface area (Å²) in [5.41, 5.74) is 2.62. The molecule has 0 unspecified atom stereocenters. The summed E-state index contributed by atoms with van der Waals surface area (Å²) < 4.78 is 0. The fourth-order valence-electron chi connectivity index (χ4n) is 2.94. The largest absolute Gasteiger partial charge is 0.353 e. The van der Waals surface area contributed by atoms with Crippen LogP contribution in [0.2, 0.25) is 0 Å². The Labute approximate surface area is 137 Å². The van der Waals surface area contributed by atoms with Crippen LogP contribution in [-0.2, 0) is 17.6 Å². The minimum absolute atomic E-state index is 0.161. The van der Waals surface area contributed by atoms with Crippen molar-refractivity contribution in [2.24, 2.45) is 0 Å². The Morgan fingerprint density at radius 2 is 1.65 bits per heavy atom. The van der Waals surface area contributed by atoms with E-state index in [1.54, 1.807) is 6.92 Å². The number of carbonyl (C=O) groups excluding carboxylic acids is 1. The normalized spacial score (nSPS) is 14.8. The van der Waals surface area contributed by atoms with Crippen LogP contribution in [0.3, 0.4) is 0 Å². The smallest absolute Gasteiger partial charge is 0.219 e. The van der Waals surface area contributed by atoms with E-state index in [0.29, 0.717) is 0 Å². The van der Waals surface area contributed by atoms with Gasteiger partial charge in [-0.15, -0.1) is 0 Å². The minimum Gasteiger partial charge on any atom is -0.353 e. The van der Waals surface area contributed by atoms with Crippen molar-refractivity contribution in [1.82, 2.24) is 9.88 Å². The zero-order valence-corrected chi connectivity index (χ0v) is 13.6. The van der Waals surface area contributed by atoms with Crippen molar-refractivity contribution < 1.29 is 4.79 Å². The van der Waals surface area contributed by atoms with Crippen LogP contribution in [0.5, 0.6) is 0 Å². The van der Waals surface area contributed by atoms with Gasteiger partial charge in [-0.2, -0.15) is 0 Å². The van der Waals surface area contributed by atoms with Gasteiger partial charge in [-0.1, -0.05) is 36.4 Å². The van der Waals surface area contributed by atoms with Crippen molar-refractivity contribution in [3.63, 3.8) is 0 Å². The Morgan fingerprint density at radius 3 is 2.26 bits per heavy atom. The summed E-state index contributed by atoms with van der Waals surface area (Å²) in [5.74, 6) is 1.17. The Kier molecular flexibility index (Phi) is 4.91. The van der Waals surface area contributed by atoms with Gasteiger partial charge in [0, 0.05) is 39.3 Å². The first-order valence-corrected chi connectivity index (χ1v) is 8.22. The van der Waals surface area contributed by atoms with Gasteiger partial charge in [0.1, 0.15) is 5.82 Å². The van der Waals surface area contributed by atoms with E-state index in [9.17, 15) is 4.79 Å². The summed E-state index contributed by atoms with van der Waals surface area (Å²) in [5, 5.41) is 0. The predicted octanol–water partition coefficient (Wildman–Crippen LogP) is 2.54. The highest BCUT2D eigenvalue weighted by Gasteiger charge is 2.19. The van der Waals surface area contributed by atoms with Gasteiger partial charge in [-0.3, -0.25) is 4.79 Å². The number of benzene rings is 1. The lowest BCUT2D eigenvalue weighted by Gasteiger charge is -2.34. The fourth-order valence-corrected chi connectivity index (χ4v) is 2.94. The average Bonchev–Trinajstić information content (AvgIpc) is 2.61. The van der Waals surface area contributed by atoms with Crippen LogP contribution < -0.4 is 4.90 Å². The first kappa shape index (κ1) is 15.5. The highest BCUT2D eigenvalue weighted by molar-refractivity contribution is 5.73. The molecule has 2 aromatic rings. The molecular formula is C19H23N3O. The third-order valence-corrected chi connectivity index (χ3v) is 4.40. The first-order valence-electron chi connectivity index (χ1n) is 8.22. The van der Waals surface area contributed by atoms with Crippen molar-refractivity contribution in [2.75, 3.05) is 31.1 Å². The van der Waals surface area contributed by atoms with E-state index < -0.39 is 0 Å². The highest BCUT2D eigenvalue weighted by atomic mass is 16.2. The summed E-state index contributed by atoms with van der Waals surface area (Å²) in [6, 6.07) is 14.8. The maximum Gasteiger partial charge on any atom is 0.219 e. The van der Waals surface area contributed by atoms with Crippen molar-refractivity contribution in [2.45, 2.75) is 19.8 Å². The number of pyridine rings is 1. The van der Waals surface area contributed by atoms with Crippen LogP contribution >= 0.6 is 0 Å². The van der Waals surface area contributed by atoms with Gasteiger partial charge in [-0.25, -0.2) is 4.98 Å². The summed E-state index contributed by atoms with van der Waals surface area (Å²) in [4.78, 5) is 20.1. The topological polar surface area (TPSA) is 36.4 Å². The third-order valence-electron chi connectivity index (χ3n) is 4.40. The molecule has 1 aliphatic rings. The molecule has 23 heavy (non-hydrogen) atoms. The Morgan fingerprint density at radius 1 is 0.957 bits per heavy atom. The Balaban J connectivity index is 1.54. The molecule has 1 aromatic carbocycles. The molecule has 0 N–H and O–H groups in total. The van der Waals surface area contributed by atoms with Crippen LogP contribution in [-0.4, -0.2) is 42.0 Å². The number of carbonyl (C=O) groups is 1. The van der Waals surface area contributed by atoms with E-state index in [-0.39, 0.29) is 5.91 Å². The molecule has 0 atom stereocenters. The summed E-state index contributed by atoms with van der Waals surface area (Å²) in [7, 11) is 0. The van der Waals surface area contributed by atoms with Gasteiger partial charge in [-0.05, 0) is 30.0 Å². The van der Waals surface area contributed by atoms with Crippen LogP contribution in [0.4, 0.5) is 5.82 Å². The average molecular weight is 309 g/mol. The molecule has 2 heterocycles. The van der Waals surface area contributed by atoms with E-state index >= 15 is 0 Å². The van der Waals surface area contributed by atoms with Crippen molar-refractivity contribution in [3.05, 3.63) is 59.8 Å².